The molecule has 4 heteroatoms. The molecule has 0 amide bonds. The van der Waals surface area contributed by atoms with Crippen LogP contribution in [-0.4, -0.2) is 12.4 Å². The number of fused-ring (bicyclic) bond motifs is 2. The van der Waals surface area contributed by atoms with Gasteiger partial charge in [0, 0.05) is 36.0 Å². The highest BCUT2D eigenvalue weighted by Gasteiger charge is 2.06. The van der Waals surface area contributed by atoms with Gasteiger partial charge < -0.3 is 19.7 Å². The Morgan fingerprint density at radius 1 is 0.567 bits per heavy atom. The first kappa shape index (κ1) is 20.1. The maximum atomic E-state index is 7.35. The largest absolute Gasteiger partial charge is 0.461 e. The third kappa shape index (κ3) is 4.88. The third-order valence-corrected chi connectivity index (χ3v) is 5.61. The molecule has 0 radical (unpaired) electrons. The number of aryl methyl sites for hydroxylation is 2. The molecule has 154 valence electrons. The van der Waals surface area contributed by atoms with E-state index in [9.17, 15) is 0 Å². The normalized spacial score (nSPS) is 11.3. The van der Waals surface area contributed by atoms with E-state index < -0.39 is 0 Å². The summed E-state index contributed by atoms with van der Waals surface area (Å²) in [6.07, 6.45) is 11.9. The zero-order valence-corrected chi connectivity index (χ0v) is 17.2. The second-order valence-electron chi connectivity index (χ2n) is 7.93. The predicted octanol–water partition coefficient (Wildman–Crippen LogP) is 7.30. The van der Waals surface area contributed by atoms with E-state index in [1.807, 2.05) is 36.4 Å². The Kier molecular flexibility index (Phi) is 6.43. The second kappa shape index (κ2) is 9.57. The van der Waals surface area contributed by atoms with Gasteiger partial charge >= 0.3 is 0 Å². The van der Waals surface area contributed by atoms with Gasteiger partial charge in [-0.05, 0) is 72.5 Å². The maximum Gasteiger partial charge on any atom is 0.134 e. The number of furan rings is 2. The molecule has 0 aliphatic carbocycles. The van der Waals surface area contributed by atoms with Gasteiger partial charge in [0.05, 0.1) is 0 Å². The van der Waals surface area contributed by atoms with E-state index in [0.717, 1.165) is 70.3 Å². The minimum absolute atomic E-state index is 0.911. The van der Waals surface area contributed by atoms with Crippen LogP contribution in [-0.2, 0) is 12.8 Å². The Balaban J connectivity index is 1.13. The van der Waals surface area contributed by atoms with Gasteiger partial charge in [-0.15, -0.1) is 0 Å². The van der Waals surface area contributed by atoms with E-state index in [1.165, 1.54) is 38.1 Å². The van der Waals surface area contributed by atoms with Gasteiger partial charge in [0.2, 0.25) is 0 Å². The van der Waals surface area contributed by atoms with Crippen molar-refractivity contribution in [2.24, 2.45) is 0 Å². The lowest BCUT2D eigenvalue weighted by Gasteiger charge is -2.00. The average Bonchev–Trinajstić information content (AvgIpc) is 3.37. The molecule has 2 heterocycles. The van der Waals surface area contributed by atoms with Crippen molar-refractivity contribution in [2.45, 2.75) is 51.4 Å². The monoisotopic (exact) mass is 400 g/mol. The van der Waals surface area contributed by atoms with Crippen LogP contribution >= 0.6 is 0 Å². The maximum absolute atomic E-state index is 7.35. The summed E-state index contributed by atoms with van der Waals surface area (Å²) < 4.78 is 11.8. The molecule has 0 saturated heterocycles. The Morgan fingerprint density at radius 2 is 1.00 bits per heavy atom. The lowest BCUT2D eigenvalue weighted by molar-refractivity contribution is 0.508. The van der Waals surface area contributed by atoms with Crippen LogP contribution in [0.1, 0.15) is 61.2 Å². The fourth-order valence-electron chi connectivity index (χ4n) is 3.97. The molecule has 0 fully saturated rings. The van der Waals surface area contributed by atoms with E-state index in [-0.39, 0.29) is 0 Å². The summed E-state index contributed by atoms with van der Waals surface area (Å²) in [7, 11) is 0. The first-order valence-electron chi connectivity index (χ1n) is 10.8. The van der Waals surface area contributed by atoms with Crippen molar-refractivity contribution in [2.75, 3.05) is 0 Å². The predicted molar refractivity (Wildman–Crippen MR) is 123 cm³/mol. The van der Waals surface area contributed by atoms with Crippen LogP contribution in [0.15, 0.2) is 57.4 Å². The molecule has 2 N–H and O–H groups in total. The first-order valence-corrected chi connectivity index (χ1v) is 10.8. The molecule has 0 aliphatic heterocycles. The standard InChI is InChI=1S/C26H28N2O2/c27-17-19-9-11-25-21(13-19)15-23(29-25)7-5-3-1-2-4-6-8-24-16-22-14-20(18-28)10-12-26(22)30-24/h9-18,27-28H,1-8H2. The van der Waals surface area contributed by atoms with Crippen LogP contribution in [0.2, 0.25) is 0 Å². The molecule has 30 heavy (non-hydrogen) atoms. The Hall–Kier alpha value is -3.14. The lowest BCUT2D eigenvalue weighted by Crippen LogP contribution is -1.86. The quantitative estimate of drug-likeness (QED) is 0.205. The van der Waals surface area contributed by atoms with Crippen molar-refractivity contribution in [1.82, 2.24) is 0 Å². The Morgan fingerprint density at radius 3 is 1.43 bits per heavy atom. The number of unbranched alkanes of at least 4 members (excludes halogenated alkanes) is 5. The second-order valence-corrected chi connectivity index (χ2v) is 7.93. The minimum atomic E-state index is 0.911. The zero-order valence-electron chi connectivity index (χ0n) is 17.2. The molecule has 0 spiro atoms. The van der Waals surface area contributed by atoms with E-state index in [4.69, 9.17) is 19.7 Å². The fourth-order valence-corrected chi connectivity index (χ4v) is 3.97. The van der Waals surface area contributed by atoms with Crippen molar-refractivity contribution < 1.29 is 8.83 Å². The van der Waals surface area contributed by atoms with Crippen molar-refractivity contribution in [1.29, 1.82) is 10.8 Å². The Bertz CT molecular complexity index is 1060. The molecular weight excluding hydrogens is 372 g/mol. The van der Waals surface area contributed by atoms with Crippen LogP contribution in [0.5, 0.6) is 0 Å². The molecule has 0 unspecified atom stereocenters. The smallest absolute Gasteiger partial charge is 0.134 e. The highest BCUT2D eigenvalue weighted by molar-refractivity contribution is 5.88. The summed E-state index contributed by atoms with van der Waals surface area (Å²) in [6.45, 7) is 0. The van der Waals surface area contributed by atoms with Crippen molar-refractivity contribution >= 4 is 34.4 Å². The first-order chi connectivity index (χ1) is 14.7. The molecule has 2 aromatic heterocycles. The van der Waals surface area contributed by atoms with Crippen molar-refractivity contribution in [3.8, 4) is 0 Å². The lowest BCUT2D eigenvalue weighted by atomic mass is 10.1. The van der Waals surface area contributed by atoms with E-state index in [0.29, 0.717) is 0 Å². The number of benzene rings is 2. The molecular formula is C26H28N2O2. The zero-order chi connectivity index (χ0) is 20.8. The van der Waals surface area contributed by atoms with Gasteiger partial charge in [0.15, 0.2) is 0 Å². The van der Waals surface area contributed by atoms with Gasteiger partial charge in [0.25, 0.3) is 0 Å². The molecule has 0 bridgehead atoms. The van der Waals surface area contributed by atoms with E-state index >= 15 is 0 Å². The SMILES string of the molecule is N=Cc1ccc2oc(CCCCCCCCc3cc4cc(C=N)ccc4o3)cc2c1. The topological polar surface area (TPSA) is 74.0 Å². The summed E-state index contributed by atoms with van der Waals surface area (Å²) >= 11 is 0. The number of rotatable bonds is 11. The molecule has 2 aromatic carbocycles. The molecule has 0 saturated carbocycles. The third-order valence-electron chi connectivity index (χ3n) is 5.61. The van der Waals surface area contributed by atoms with E-state index in [2.05, 4.69) is 12.1 Å². The van der Waals surface area contributed by atoms with Crippen LogP contribution in [0.3, 0.4) is 0 Å². The summed E-state index contributed by atoms with van der Waals surface area (Å²) in [5.74, 6) is 2.09. The van der Waals surface area contributed by atoms with Gasteiger partial charge in [-0.3, -0.25) is 0 Å². The van der Waals surface area contributed by atoms with Gasteiger partial charge in [-0.2, -0.15) is 0 Å². The Labute approximate surface area is 176 Å². The van der Waals surface area contributed by atoms with Crippen LogP contribution in [0, 0.1) is 10.8 Å². The highest BCUT2D eigenvalue weighted by Crippen LogP contribution is 2.23. The number of hydrogen-bond donors (Lipinski definition) is 2. The van der Waals surface area contributed by atoms with Crippen LogP contribution < -0.4 is 0 Å². The minimum Gasteiger partial charge on any atom is -0.461 e. The van der Waals surface area contributed by atoms with Crippen LogP contribution in [0.4, 0.5) is 0 Å². The number of hydrogen-bond acceptors (Lipinski definition) is 4. The van der Waals surface area contributed by atoms with Gasteiger partial charge in [0.1, 0.15) is 22.7 Å². The summed E-state index contributed by atoms with van der Waals surface area (Å²) in [5, 5.41) is 16.9. The molecule has 4 aromatic rings. The van der Waals surface area contributed by atoms with E-state index in [1.54, 1.807) is 0 Å². The summed E-state index contributed by atoms with van der Waals surface area (Å²) in [5.41, 5.74) is 3.65. The highest BCUT2D eigenvalue weighted by atomic mass is 16.3. The molecule has 0 atom stereocenters. The van der Waals surface area contributed by atoms with Gasteiger partial charge in [-0.1, -0.05) is 25.7 Å². The van der Waals surface area contributed by atoms with Crippen LogP contribution in [0.25, 0.3) is 21.9 Å². The number of nitrogens with one attached hydrogen (secondary N) is 2. The molecule has 4 rings (SSSR count). The van der Waals surface area contributed by atoms with Gasteiger partial charge in [-0.25, -0.2) is 0 Å². The van der Waals surface area contributed by atoms with Crippen molar-refractivity contribution in [3.63, 3.8) is 0 Å². The molecule has 4 nitrogen and oxygen atoms in total. The summed E-state index contributed by atoms with van der Waals surface area (Å²) in [4.78, 5) is 0. The molecule has 0 aliphatic rings. The average molecular weight is 401 g/mol. The van der Waals surface area contributed by atoms with Crippen molar-refractivity contribution in [3.05, 3.63) is 71.2 Å². The fraction of sp³-hybridized carbons (Fsp3) is 0.308. The summed E-state index contributed by atoms with van der Waals surface area (Å²) in [6, 6.07) is 16.0.